The highest BCUT2D eigenvalue weighted by molar-refractivity contribution is 6.20. The molecule has 1 rings (SSSR count). The first-order valence-electron chi connectivity index (χ1n) is 7.99. The van der Waals surface area contributed by atoms with Crippen LogP contribution in [0.4, 0.5) is 0 Å². The van der Waals surface area contributed by atoms with E-state index >= 15 is 0 Å². The molecule has 0 unspecified atom stereocenters. The van der Waals surface area contributed by atoms with Crippen molar-refractivity contribution in [1.82, 2.24) is 0 Å². The Hall–Kier alpha value is -1.58. The van der Waals surface area contributed by atoms with E-state index in [0.29, 0.717) is 12.0 Å². The van der Waals surface area contributed by atoms with Crippen LogP contribution in [0, 0.1) is 0 Å². The number of hydrogen-bond donors (Lipinski definition) is 2. The Labute approximate surface area is 126 Å². The lowest BCUT2D eigenvalue weighted by Crippen LogP contribution is -2.19. The number of ketones is 2. The van der Waals surface area contributed by atoms with Crippen LogP contribution in [-0.4, -0.2) is 21.8 Å². The molecular weight excluding hydrogens is 268 g/mol. The van der Waals surface area contributed by atoms with Crippen LogP contribution >= 0.6 is 0 Å². The summed E-state index contributed by atoms with van der Waals surface area (Å²) in [4.78, 5) is 23.0. The van der Waals surface area contributed by atoms with Crippen LogP contribution in [0.15, 0.2) is 23.2 Å². The van der Waals surface area contributed by atoms with Gasteiger partial charge in [0.2, 0.25) is 23.1 Å². The zero-order valence-corrected chi connectivity index (χ0v) is 12.9. The van der Waals surface area contributed by atoms with Gasteiger partial charge in [-0.2, -0.15) is 0 Å². The van der Waals surface area contributed by atoms with Crippen LogP contribution < -0.4 is 0 Å². The molecule has 0 heterocycles. The second-order valence-electron chi connectivity index (χ2n) is 5.64. The monoisotopic (exact) mass is 294 g/mol. The van der Waals surface area contributed by atoms with Gasteiger partial charge < -0.3 is 10.2 Å². The van der Waals surface area contributed by atoms with E-state index in [1.54, 1.807) is 0 Å². The number of aliphatic hydroxyl groups excluding tert-OH is 2. The molecular formula is C17H26O4. The highest BCUT2D eigenvalue weighted by atomic mass is 16.3. The minimum atomic E-state index is -0.837. The molecule has 0 aromatic heterocycles. The summed E-state index contributed by atoms with van der Waals surface area (Å²) in [6.07, 6.45) is 12.3. The van der Waals surface area contributed by atoms with Crippen LogP contribution in [0.2, 0.25) is 0 Å². The van der Waals surface area contributed by atoms with E-state index in [4.69, 9.17) is 0 Å². The summed E-state index contributed by atoms with van der Waals surface area (Å²) in [6, 6.07) is 0. The van der Waals surface area contributed by atoms with Crippen LogP contribution in [0.1, 0.15) is 71.1 Å². The molecule has 0 fully saturated rings. The van der Waals surface area contributed by atoms with E-state index in [0.717, 1.165) is 25.3 Å². The summed E-state index contributed by atoms with van der Waals surface area (Å²) in [5.41, 5.74) is 0.304. The number of carbonyl (C=O) groups is 2. The molecule has 0 saturated heterocycles. The van der Waals surface area contributed by atoms with Crippen molar-refractivity contribution < 1.29 is 19.8 Å². The van der Waals surface area contributed by atoms with Crippen LogP contribution in [0.25, 0.3) is 0 Å². The van der Waals surface area contributed by atoms with E-state index in [1.807, 2.05) is 0 Å². The molecule has 0 bridgehead atoms. The number of carbonyl (C=O) groups excluding carboxylic acids is 2. The molecule has 0 aromatic carbocycles. The Morgan fingerprint density at radius 2 is 1.33 bits per heavy atom. The van der Waals surface area contributed by atoms with Gasteiger partial charge in [0.15, 0.2) is 0 Å². The first-order valence-corrected chi connectivity index (χ1v) is 7.99. The summed E-state index contributed by atoms with van der Waals surface area (Å²) < 4.78 is 0. The minimum absolute atomic E-state index is 0.304. The van der Waals surface area contributed by atoms with Crippen molar-refractivity contribution in [2.75, 3.05) is 0 Å². The van der Waals surface area contributed by atoms with E-state index < -0.39 is 23.1 Å². The molecule has 0 spiro atoms. The van der Waals surface area contributed by atoms with E-state index in [9.17, 15) is 19.8 Å². The number of Topliss-reactive ketones (excluding diaryl/α,β-unsaturated/α-hetero) is 1. The average Bonchev–Trinajstić information content (AvgIpc) is 2.48. The summed E-state index contributed by atoms with van der Waals surface area (Å²) in [5, 5.41) is 18.5. The van der Waals surface area contributed by atoms with Gasteiger partial charge in [0, 0.05) is 5.57 Å². The quantitative estimate of drug-likeness (QED) is 0.465. The third kappa shape index (κ3) is 5.74. The fourth-order valence-corrected chi connectivity index (χ4v) is 2.48. The Balaban J connectivity index is 2.15. The van der Waals surface area contributed by atoms with Crippen molar-refractivity contribution in [3.8, 4) is 0 Å². The van der Waals surface area contributed by atoms with Gasteiger partial charge in [-0.1, -0.05) is 58.3 Å². The summed E-state index contributed by atoms with van der Waals surface area (Å²) in [5.74, 6) is -2.95. The lowest BCUT2D eigenvalue weighted by molar-refractivity contribution is -0.119. The molecule has 0 aliphatic heterocycles. The Morgan fingerprint density at radius 3 is 1.90 bits per heavy atom. The van der Waals surface area contributed by atoms with E-state index in [1.165, 1.54) is 38.5 Å². The van der Waals surface area contributed by atoms with E-state index in [2.05, 4.69) is 6.92 Å². The standard InChI is InChI=1S/C17H26O4/c1-2-3-4-5-6-7-8-9-10-11-13-12-14(18)16(20)17(21)15(13)19/h12,20-21H,2-11H2,1H3. The predicted molar refractivity (Wildman–Crippen MR) is 82.2 cm³/mol. The fraction of sp³-hybridized carbons (Fsp3) is 0.647. The minimum Gasteiger partial charge on any atom is -0.501 e. The normalized spacial score (nSPS) is 15.6. The van der Waals surface area contributed by atoms with Gasteiger partial charge in [0.05, 0.1) is 0 Å². The molecule has 0 amide bonds. The van der Waals surface area contributed by atoms with Crippen molar-refractivity contribution in [1.29, 1.82) is 0 Å². The predicted octanol–water partition coefficient (Wildman–Crippen LogP) is 4.31. The lowest BCUT2D eigenvalue weighted by Gasteiger charge is -2.11. The summed E-state index contributed by atoms with van der Waals surface area (Å²) >= 11 is 0. The molecule has 0 atom stereocenters. The van der Waals surface area contributed by atoms with Crippen LogP contribution in [-0.2, 0) is 9.59 Å². The number of unbranched alkanes of at least 4 members (excludes halogenated alkanes) is 8. The van der Waals surface area contributed by atoms with Crippen molar-refractivity contribution in [2.24, 2.45) is 0 Å². The third-order valence-electron chi connectivity index (χ3n) is 3.82. The van der Waals surface area contributed by atoms with Gasteiger partial charge in [-0.3, -0.25) is 9.59 Å². The van der Waals surface area contributed by atoms with Gasteiger partial charge in [-0.05, 0) is 18.9 Å². The first-order chi connectivity index (χ1) is 10.1. The second kappa shape index (κ2) is 9.37. The van der Waals surface area contributed by atoms with Gasteiger partial charge >= 0.3 is 0 Å². The molecule has 0 saturated carbocycles. The summed E-state index contributed by atoms with van der Waals surface area (Å²) in [7, 11) is 0. The van der Waals surface area contributed by atoms with Gasteiger partial charge in [-0.25, -0.2) is 0 Å². The third-order valence-corrected chi connectivity index (χ3v) is 3.82. The van der Waals surface area contributed by atoms with Crippen LogP contribution in [0.5, 0.6) is 0 Å². The molecule has 1 aliphatic rings. The number of allylic oxidation sites excluding steroid dienone is 2. The van der Waals surface area contributed by atoms with Gasteiger partial charge in [-0.15, -0.1) is 0 Å². The molecule has 4 heteroatoms. The topological polar surface area (TPSA) is 74.6 Å². The molecule has 118 valence electrons. The zero-order chi connectivity index (χ0) is 15.7. The van der Waals surface area contributed by atoms with E-state index in [-0.39, 0.29) is 0 Å². The number of rotatable bonds is 10. The highest BCUT2D eigenvalue weighted by Crippen LogP contribution is 2.21. The molecule has 21 heavy (non-hydrogen) atoms. The number of hydrogen-bond acceptors (Lipinski definition) is 4. The molecule has 2 N–H and O–H groups in total. The zero-order valence-electron chi connectivity index (χ0n) is 12.9. The van der Waals surface area contributed by atoms with Gasteiger partial charge in [0.1, 0.15) is 0 Å². The Morgan fingerprint density at radius 1 is 0.810 bits per heavy atom. The molecule has 1 aliphatic carbocycles. The smallest absolute Gasteiger partial charge is 0.227 e. The number of aliphatic hydroxyl groups is 2. The molecule has 0 radical (unpaired) electrons. The summed E-state index contributed by atoms with van der Waals surface area (Å²) in [6.45, 7) is 2.21. The first kappa shape index (κ1) is 17.5. The largest absolute Gasteiger partial charge is 0.501 e. The van der Waals surface area contributed by atoms with Crippen molar-refractivity contribution in [2.45, 2.75) is 71.1 Å². The fourth-order valence-electron chi connectivity index (χ4n) is 2.48. The van der Waals surface area contributed by atoms with Gasteiger partial charge in [0.25, 0.3) is 0 Å². The molecule has 0 aromatic rings. The SMILES string of the molecule is CCCCCCCCCCCC1=CC(=O)C(O)=C(O)C1=O. The van der Waals surface area contributed by atoms with Crippen molar-refractivity contribution in [3.05, 3.63) is 23.2 Å². The van der Waals surface area contributed by atoms with Crippen molar-refractivity contribution in [3.63, 3.8) is 0 Å². The average molecular weight is 294 g/mol. The maximum atomic E-state index is 11.7. The molecule has 4 nitrogen and oxygen atoms in total. The Kier molecular flexibility index (Phi) is 7.80. The second-order valence-corrected chi connectivity index (χ2v) is 5.64. The maximum Gasteiger partial charge on any atom is 0.227 e. The van der Waals surface area contributed by atoms with Crippen molar-refractivity contribution >= 4 is 11.6 Å². The van der Waals surface area contributed by atoms with Crippen LogP contribution in [0.3, 0.4) is 0 Å². The maximum absolute atomic E-state index is 11.7. The highest BCUT2D eigenvalue weighted by Gasteiger charge is 2.27. The lowest BCUT2D eigenvalue weighted by atomic mass is 9.95. The Bertz CT molecular complexity index is 432.